The lowest BCUT2D eigenvalue weighted by Crippen LogP contribution is -2.12. The summed E-state index contributed by atoms with van der Waals surface area (Å²) in [7, 11) is 0. The summed E-state index contributed by atoms with van der Waals surface area (Å²) < 4.78 is 0. The molecule has 0 fully saturated rings. The van der Waals surface area contributed by atoms with Crippen LogP contribution in [-0.2, 0) is 9.59 Å². The lowest BCUT2D eigenvalue weighted by molar-refractivity contribution is -0.118. The van der Waals surface area contributed by atoms with E-state index in [0.717, 1.165) is 0 Å². The summed E-state index contributed by atoms with van der Waals surface area (Å²) in [4.78, 5) is 29.1. The van der Waals surface area contributed by atoms with E-state index in [0.29, 0.717) is 17.8 Å². The molecule has 0 bridgehead atoms. The number of aldehydes is 1. The zero-order chi connectivity index (χ0) is 11.1. The van der Waals surface area contributed by atoms with Crippen molar-refractivity contribution in [1.82, 2.24) is 9.97 Å². The maximum absolute atomic E-state index is 11.2. The van der Waals surface area contributed by atoms with Gasteiger partial charge in [0.1, 0.15) is 6.29 Å². The van der Waals surface area contributed by atoms with Gasteiger partial charge in [0, 0.05) is 12.8 Å². The number of hydrogen-bond acceptors (Lipinski definition) is 4. The molecule has 0 spiro atoms. The van der Waals surface area contributed by atoms with Crippen molar-refractivity contribution in [3.63, 3.8) is 0 Å². The van der Waals surface area contributed by atoms with E-state index in [9.17, 15) is 9.59 Å². The zero-order valence-corrected chi connectivity index (χ0v) is 8.14. The zero-order valence-electron chi connectivity index (χ0n) is 8.14. The van der Waals surface area contributed by atoms with Gasteiger partial charge >= 0.3 is 0 Å². The van der Waals surface area contributed by atoms with E-state index in [1.54, 1.807) is 6.08 Å². The van der Waals surface area contributed by atoms with Crippen molar-refractivity contribution in [3.05, 3.63) is 24.7 Å². The third-order valence-electron chi connectivity index (χ3n) is 1.64. The summed E-state index contributed by atoms with van der Waals surface area (Å²) in [6.45, 7) is 3.53. The van der Waals surface area contributed by atoms with E-state index in [1.807, 2.05) is 0 Å². The SMILES string of the molecule is C=Cc1cnc(NC(=O)CCC=O)cn1. The van der Waals surface area contributed by atoms with E-state index < -0.39 is 0 Å². The van der Waals surface area contributed by atoms with Crippen LogP contribution in [0.5, 0.6) is 0 Å². The maximum Gasteiger partial charge on any atom is 0.225 e. The molecule has 0 aliphatic heterocycles. The first kappa shape index (κ1) is 11.0. The molecule has 78 valence electrons. The second-order valence-electron chi connectivity index (χ2n) is 2.78. The smallest absolute Gasteiger partial charge is 0.225 e. The van der Waals surface area contributed by atoms with Crippen LogP contribution in [0.2, 0.25) is 0 Å². The highest BCUT2D eigenvalue weighted by Crippen LogP contribution is 2.02. The van der Waals surface area contributed by atoms with Gasteiger partial charge < -0.3 is 10.1 Å². The minimum atomic E-state index is -0.247. The van der Waals surface area contributed by atoms with Crippen LogP contribution in [0.25, 0.3) is 6.08 Å². The predicted molar refractivity (Wildman–Crippen MR) is 56.1 cm³/mol. The number of amides is 1. The molecule has 0 radical (unpaired) electrons. The first-order valence-electron chi connectivity index (χ1n) is 4.44. The first-order chi connectivity index (χ1) is 7.26. The number of carbonyl (C=O) groups is 2. The van der Waals surface area contributed by atoms with Crippen LogP contribution < -0.4 is 5.32 Å². The Morgan fingerprint density at radius 3 is 2.80 bits per heavy atom. The molecular weight excluding hydrogens is 194 g/mol. The van der Waals surface area contributed by atoms with Crippen molar-refractivity contribution in [1.29, 1.82) is 0 Å². The van der Waals surface area contributed by atoms with Gasteiger partial charge in [-0.25, -0.2) is 4.98 Å². The van der Waals surface area contributed by atoms with Gasteiger partial charge in [-0.3, -0.25) is 9.78 Å². The molecule has 0 aliphatic carbocycles. The summed E-state index contributed by atoms with van der Waals surface area (Å²) >= 11 is 0. The maximum atomic E-state index is 11.2. The molecule has 1 amide bonds. The molecule has 0 atom stereocenters. The summed E-state index contributed by atoms with van der Waals surface area (Å²) in [5.41, 5.74) is 0.640. The van der Waals surface area contributed by atoms with E-state index in [4.69, 9.17) is 0 Å². The average molecular weight is 205 g/mol. The average Bonchev–Trinajstić information content (AvgIpc) is 2.27. The number of nitrogens with zero attached hydrogens (tertiary/aromatic N) is 2. The van der Waals surface area contributed by atoms with Crippen molar-refractivity contribution < 1.29 is 9.59 Å². The third kappa shape index (κ3) is 3.68. The molecule has 0 saturated heterocycles. The van der Waals surface area contributed by atoms with Crippen LogP contribution >= 0.6 is 0 Å². The fraction of sp³-hybridized carbons (Fsp3) is 0.200. The second-order valence-corrected chi connectivity index (χ2v) is 2.78. The molecule has 0 aliphatic rings. The van der Waals surface area contributed by atoms with Crippen molar-refractivity contribution in [2.24, 2.45) is 0 Å². The standard InChI is InChI=1S/C10H11N3O2/c1-2-8-6-12-9(7-11-8)13-10(15)4-3-5-14/h2,5-7H,1,3-4H2,(H,12,13,15). The van der Waals surface area contributed by atoms with Crippen LogP contribution in [0.1, 0.15) is 18.5 Å². The van der Waals surface area contributed by atoms with Crippen LogP contribution in [0, 0.1) is 0 Å². The van der Waals surface area contributed by atoms with E-state index in [-0.39, 0.29) is 18.7 Å². The third-order valence-corrected chi connectivity index (χ3v) is 1.64. The summed E-state index contributed by atoms with van der Waals surface area (Å²) in [6, 6.07) is 0. The van der Waals surface area contributed by atoms with Gasteiger partial charge in [-0.15, -0.1) is 0 Å². The van der Waals surface area contributed by atoms with Gasteiger partial charge in [0.2, 0.25) is 5.91 Å². The predicted octanol–water partition coefficient (Wildman–Crippen LogP) is 1.04. The monoisotopic (exact) mass is 205 g/mol. The molecule has 0 aromatic carbocycles. The lowest BCUT2D eigenvalue weighted by atomic mass is 10.3. The van der Waals surface area contributed by atoms with Gasteiger partial charge in [-0.1, -0.05) is 6.58 Å². The summed E-state index contributed by atoms with van der Waals surface area (Å²) in [6.07, 6.45) is 5.58. The minimum absolute atomic E-state index is 0.161. The Hall–Kier alpha value is -2.04. The number of anilines is 1. The Morgan fingerprint density at radius 2 is 2.27 bits per heavy atom. The normalized spacial score (nSPS) is 9.33. The molecule has 0 unspecified atom stereocenters. The first-order valence-corrected chi connectivity index (χ1v) is 4.44. The Kier molecular flexibility index (Phi) is 4.15. The van der Waals surface area contributed by atoms with Crippen molar-refractivity contribution in [2.45, 2.75) is 12.8 Å². The van der Waals surface area contributed by atoms with Gasteiger partial charge in [0.25, 0.3) is 0 Å². The van der Waals surface area contributed by atoms with Gasteiger partial charge in [-0.05, 0) is 6.08 Å². The number of aromatic nitrogens is 2. The van der Waals surface area contributed by atoms with Crippen molar-refractivity contribution in [3.8, 4) is 0 Å². The van der Waals surface area contributed by atoms with E-state index in [1.165, 1.54) is 12.4 Å². The van der Waals surface area contributed by atoms with Crippen LogP contribution in [0.4, 0.5) is 5.82 Å². The van der Waals surface area contributed by atoms with Crippen molar-refractivity contribution in [2.75, 3.05) is 5.32 Å². The highest BCUT2D eigenvalue weighted by molar-refractivity contribution is 5.90. The molecule has 1 heterocycles. The number of hydrogen-bond donors (Lipinski definition) is 1. The Morgan fingerprint density at radius 1 is 1.47 bits per heavy atom. The molecule has 1 aromatic rings. The topological polar surface area (TPSA) is 72.0 Å². The van der Waals surface area contributed by atoms with Gasteiger partial charge in [-0.2, -0.15) is 0 Å². The minimum Gasteiger partial charge on any atom is -0.309 e. The quantitative estimate of drug-likeness (QED) is 0.729. The summed E-state index contributed by atoms with van der Waals surface area (Å²) in [5.74, 6) is 0.124. The van der Waals surface area contributed by atoms with Crippen LogP contribution in [0.3, 0.4) is 0 Å². The molecule has 5 nitrogen and oxygen atoms in total. The molecule has 5 heteroatoms. The largest absolute Gasteiger partial charge is 0.309 e. The van der Waals surface area contributed by atoms with Crippen LogP contribution in [-0.4, -0.2) is 22.2 Å². The molecular formula is C10H11N3O2. The van der Waals surface area contributed by atoms with E-state index >= 15 is 0 Å². The molecule has 15 heavy (non-hydrogen) atoms. The Bertz CT molecular complexity index is 359. The Balaban J connectivity index is 2.53. The highest BCUT2D eigenvalue weighted by atomic mass is 16.1. The fourth-order valence-corrected chi connectivity index (χ4v) is 0.903. The fourth-order valence-electron chi connectivity index (χ4n) is 0.903. The molecule has 1 aromatic heterocycles. The Labute approximate surface area is 87.2 Å². The molecule has 1 rings (SSSR count). The lowest BCUT2D eigenvalue weighted by Gasteiger charge is -2.01. The molecule has 0 saturated carbocycles. The highest BCUT2D eigenvalue weighted by Gasteiger charge is 2.02. The van der Waals surface area contributed by atoms with Crippen LogP contribution in [0.15, 0.2) is 19.0 Å². The van der Waals surface area contributed by atoms with Gasteiger partial charge in [0.05, 0.1) is 18.1 Å². The number of nitrogens with one attached hydrogen (secondary N) is 1. The number of carbonyl (C=O) groups excluding carboxylic acids is 2. The van der Waals surface area contributed by atoms with E-state index in [2.05, 4.69) is 21.9 Å². The van der Waals surface area contributed by atoms with Gasteiger partial charge in [0.15, 0.2) is 5.82 Å². The summed E-state index contributed by atoms with van der Waals surface area (Å²) in [5, 5.41) is 2.52. The van der Waals surface area contributed by atoms with Crippen molar-refractivity contribution >= 4 is 24.1 Å². The number of rotatable bonds is 5. The molecule has 1 N–H and O–H groups in total. The second kappa shape index (κ2) is 5.64.